The molecule has 0 fully saturated rings. The van der Waals surface area contributed by atoms with Crippen LogP contribution in [0.3, 0.4) is 0 Å². The van der Waals surface area contributed by atoms with Crippen LogP contribution >= 0.6 is 0 Å². The van der Waals surface area contributed by atoms with Gasteiger partial charge >= 0.3 is 0 Å². The van der Waals surface area contributed by atoms with Gasteiger partial charge in [0.2, 0.25) is 10.0 Å². The molecule has 0 N–H and O–H groups in total. The lowest BCUT2D eigenvalue weighted by Crippen LogP contribution is -2.26. The fourth-order valence-electron chi connectivity index (χ4n) is 1.06. The van der Waals surface area contributed by atoms with Crippen molar-refractivity contribution in [3.8, 4) is 12.0 Å². The zero-order chi connectivity index (χ0) is 12.7. The maximum Gasteiger partial charge on any atom is 0.243 e. The van der Waals surface area contributed by atoms with E-state index in [1.807, 2.05) is 30.3 Å². The molecule has 1 rings (SSSR count). The van der Waals surface area contributed by atoms with Crippen LogP contribution in [0.2, 0.25) is 0 Å². The topological polar surface area (TPSA) is 46.6 Å². The molecule has 1 aromatic carbocycles. The van der Waals surface area contributed by atoms with Crippen LogP contribution in [-0.4, -0.2) is 39.2 Å². The van der Waals surface area contributed by atoms with Crippen LogP contribution in [-0.2, 0) is 14.8 Å². The Morgan fingerprint density at radius 2 is 1.94 bits per heavy atom. The van der Waals surface area contributed by atoms with Crippen molar-refractivity contribution in [1.29, 1.82) is 0 Å². The van der Waals surface area contributed by atoms with Crippen LogP contribution in [0.5, 0.6) is 0 Å². The van der Waals surface area contributed by atoms with Crippen molar-refractivity contribution >= 4 is 10.0 Å². The number of hydrogen-bond donors (Lipinski definition) is 0. The van der Waals surface area contributed by atoms with E-state index in [0.29, 0.717) is 0 Å². The lowest BCUT2D eigenvalue weighted by atomic mass is 10.2. The van der Waals surface area contributed by atoms with Gasteiger partial charge in [-0.05, 0) is 18.1 Å². The summed E-state index contributed by atoms with van der Waals surface area (Å²) in [5, 5.41) is 0. The first kappa shape index (κ1) is 13.6. The van der Waals surface area contributed by atoms with Crippen LogP contribution < -0.4 is 0 Å². The summed E-state index contributed by atoms with van der Waals surface area (Å²) < 4.78 is 29.1. The Bertz CT molecular complexity index is 500. The van der Waals surface area contributed by atoms with Crippen LogP contribution in [0.1, 0.15) is 5.56 Å². The second-order valence-electron chi connectivity index (χ2n) is 3.38. The fraction of sp³-hybridized carbons (Fsp3) is 0.333. The molecule has 0 bridgehead atoms. The fourth-order valence-corrected chi connectivity index (χ4v) is 1.90. The van der Waals surface area contributed by atoms with Crippen molar-refractivity contribution in [2.24, 2.45) is 0 Å². The molecule has 0 aromatic heterocycles. The Morgan fingerprint density at radius 1 is 1.29 bits per heavy atom. The molecule has 0 spiro atoms. The number of rotatable bonds is 4. The van der Waals surface area contributed by atoms with E-state index in [1.165, 1.54) is 14.2 Å². The maximum absolute atomic E-state index is 11.7. The molecule has 0 heterocycles. The summed E-state index contributed by atoms with van der Waals surface area (Å²) >= 11 is 0. The average molecular weight is 253 g/mol. The van der Waals surface area contributed by atoms with Gasteiger partial charge in [0.05, 0.1) is 12.4 Å². The minimum absolute atomic E-state index is 0.0660. The van der Waals surface area contributed by atoms with Gasteiger partial charge in [-0.1, -0.05) is 18.2 Å². The van der Waals surface area contributed by atoms with Crippen LogP contribution in [0, 0.1) is 12.0 Å². The number of sulfonamides is 1. The Hall–Kier alpha value is -1.51. The van der Waals surface area contributed by atoms with Crippen molar-refractivity contribution in [3.05, 3.63) is 35.9 Å². The van der Waals surface area contributed by atoms with Crippen molar-refractivity contribution in [2.45, 2.75) is 0 Å². The number of benzene rings is 1. The van der Waals surface area contributed by atoms with Crippen molar-refractivity contribution in [3.63, 3.8) is 0 Å². The highest BCUT2D eigenvalue weighted by atomic mass is 32.2. The third-order valence-electron chi connectivity index (χ3n) is 2.09. The monoisotopic (exact) mass is 253 g/mol. The highest BCUT2D eigenvalue weighted by molar-refractivity contribution is 7.89. The number of nitrogens with zero attached hydrogens (tertiary/aromatic N) is 1. The van der Waals surface area contributed by atoms with Gasteiger partial charge in [0.15, 0.2) is 0 Å². The van der Waals surface area contributed by atoms with Gasteiger partial charge in [-0.2, -0.15) is 0 Å². The van der Waals surface area contributed by atoms with E-state index in [1.54, 1.807) is 0 Å². The van der Waals surface area contributed by atoms with Gasteiger partial charge < -0.3 is 4.74 Å². The first-order valence-electron chi connectivity index (χ1n) is 5.08. The Labute approximate surface area is 102 Å². The minimum atomic E-state index is -3.36. The van der Waals surface area contributed by atoms with E-state index in [0.717, 1.165) is 9.87 Å². The summed E-state index contributed by atoms with van der Waals surface area (Å²) in [4.78, 5) is 0. The lowest BCUT2D eigenvalue weighted by Gasteiger charge is -2.11. The largest absolute Gasteiger partial charge is 0.384 e. The Balaban J connectivity index is 2.73. The van der Waals surface area contributed by atoms with Gasteiger partial charge in [0.1, 0.15) is 0 Å². The molecule has 5 heteroatoms. The molecule has 0 saturated carbocycles. The summed E-state index contributed by atoms with van der Waals surface area (Å²) in [5.41, 5.74) is 0.779. The number of methoxy groups -OCH3 is 1. The van der Waals surface area contributed by atoms with Gasteiger partial charge in [-0.15, -0.1) is 0 Å². The Morgan fingerprint density at radius 3 is 2.53 bits per heavy atom. The predicted octanol–water partition coefficient (Wildman–Crippen LogP) is 0.904. The van der Waals surface area contributed by atoms with E-state index >= 15 is 0 Å². The number of ether oxygens (including phenoxy) is 1. The second kappa shape index (κ2) is 6.28. The van der Waals surface area contributed by atoms with E-state index in [2.05, 4.69) is 12.0 Å². The quantitative estimate of drug-likeness (QED) is 0.592. The minimum Gasteiger partial charge on any atom is -0.384 e. The van der Waals surface area contributed by atoms with Crippen molar-refractivity contribution < 1.29 is 13.2 Å². The third-order valence-corrected chi connectivity index (χ3v) is 3.70. The number of hydrogen-bond acceptors (Lipinski definition) is 3. The molecule has 0 unspecified atom stereocenters. The lowest BCUT2D eigenvalue weighted by molar-refractivity contribution is 0.216. The highest BCUT2D eigenvalue weighted by Crippen LogP contribution is 1.98. The third kappa shape index (κ3) is 4.47. The van der Waals surface area contributed by atoms with E-state index in [-0.39, 0.29) is 12.4 Å². The SMILES string of the molecule is COCCS(=O)(=O)N(C)C#Cc1ccccc1. The molecular weight excluding hydrogens is 238 g/mol. The van der Waals surface area contributed by atoms with E-state index in [9.17, 15) is 8.42 Å². The summed E-state index contributed by atoms with van der Waals surface area (Å²) in [6.45, 7) is 0.166. The molecule has 0 aliphatic rings. The molecule has 0 saturated heterocycles. The molecular formula is C12H15NO3S. The smallest absolute Gasteiger partial charge is 0.243 e. The molecule has 0 aliphatic heterocycles. The maximum atomic E-state index is 11.7. The van der Waals surface area contributed by atoms with Crippen LogP contribution in [0.15, 0.2) is 30.3 Å². The van der Waals surface area contributed by atoms with Crippen LogP contribution in [0.4, 0.5) is 0 Å². The zero-order valence-electron chi connectivity index (χ0n) is 9.88. The van der Waals surface area contributed by atoms with E-state index < -0.39 is 10.0 Å². The van der Waals surface area contributed by atoms with Gasteiger partial charge in [0.25, 0.3) is 0 Å². The second-order valence-corrected chi connectivity index (χ2v) is 5.50. The summed E-state index contributed by atoms with van der Waals surface area (Å²) in [6.07, 6.45) is 0. The van der Waals surface area contributed by atoms with Crippen molar-refractivity contribution in [2.75, 3.05) is 26.5 Å². The molecule has 17 heavy (non-hydrogen) atoms. The molecule has 1 aromatic rings. The van der Waals surface area contributed by atoms with Crippen LogP contribution in [0.25, 0.3) is 0 Å². The highest BCUT2D eigenvalue weighted by Gasteiger charge is 2.13. The van der Waals surface area contributed by atoms with E-state index in [4.69, 9.17) is 4.74 Å². The Kier molecular flexibility index (Phi) is 5.01. The average Bonchev–Trinajstić information content (AvgIpc) is 2.34. The summed E-state index contributed by atoms with van der Waals surface area (Å²) in [7, 11) is -0.463. The van der Waals surface area contributed by atoms with Gasteiger partial charge in [0, 0.05) is 25.8 Å². The van der Waals surface area contributed by atoms with Crippen molar-refractivity contribution in [1.82, 2.24) is 4.31 Å². The standard InChI is InChI=1S/C12H15NO3S/c1-13(17(14,15)11-10-16-2)9-8-12-6-4-3-5-7-12/h3-7H,10-11H2,1-2H3. The normalized spacial score (nSPS) is 10.5. The first-order valence-corrected chi connectivity index (χ1v) is 6.69. The molecule has 0 aliphatic carbocycles. The molecule has 0 atom stereocenters. The molecule has 0 radical (unpaired) electrons. The zero-order valence-corrected chi connectivity index (χ0v) is 10.7. The molecule has 0 amide bonds. The molecule has 4 nitrogen and oxygen atoms in total. The summed E-state index contributed by atoms with van der Waals surface area (Å²) in [6, 6.07) is 11.8. The molecule has 92 valence electrons. The summed E-state index contributed by atoms with van der Waals surface area (Å²) in [5.74, 6) is 2.72. The van der Waals surface area contributed by atoms with Gasteiger partial charge in [-0.3, -0.25) is 0 Å². The van der Waals surface area contributed by atoms with Gasteiger partial charge in [-0.25, -0.2) is 12.7 Å². The predicted molar refractivity (Wildman–Crippen MR) is 66.7 cm³/mol. The first-order chi connectivity index (χ1) is 8.06.